The molecule has 0 N–H and O–H groups in total. The van der Waals surface area contributed by atoms with E-state index in [9.17, 15) is 0 Å². The van der Waals surface area contributed by atoms with E-state index in [0.29, 0.717) is 48.3 Å². The molecule has 0 aliphatic rings. The van der Waals surface area contributed by atoms with Gasteiger partial charge in [0.2, 0.25) is 5.97 Å². The van der Waals surface area contributed by atoms with Crippen LogP contribution in [0.4, 0.5) is 0 Å². The number of hydrogen-bond acceptors (Lipinski definition) is 4. The van der Waals surface area contributed by atoms with Gasteiger partial charge in [0.25, 0.3) is 7.12 Å². The molecule has 0 fully saturated rings. The van der Waals surface area contributed by atoms with Crippen LogP contribution < -0.4 is 0 Å². The zero-order valence-electron chi connectivity index (χ0n) is 25.0. The Bertz CT molecular complexity index is 523. The summed E-state index contributed by atoms with van der Waals surface area (Å²) in [5.74, 6) is 3.50. The van der Waals surface area contributed by atoms with E-state index in [-0.39, 0.29) is 14.1 Å². The average molecular weight is 462 g/mol. The number of hydrogen-bond donors (Lipinski definition) is 0. The topological polar surface area (TPSA) is 31.4 Å². The normalized spacial score (nSPS) is 12.8. The van der Waals surface area contributed by atoms with Gasteiger partial charge in [-0.25, -0.2) is 0 Å². The maximum atomic E-state index is 4.96. The second kappa shape index (κ2) is 14.6. The van der Waals surface area contributed by atoms with E-state index in [0.717, 1.165) is 0 Å². The smallest absolute Gasteiger partial charge is 0.336 e. The van der Waals surface area contributed by atoms with Gasteiger partial charge in [0.1, 0.15) is 0 Å². The van der Waals surface area contributed by atoms with Crippen LogP contribution in [-0.4, -0.2) is 81.7 Å². The minimum Gasteiger partial charge on any atom is -0.336 e. The largest absolute Gasteiger partial charge is 0.500 e. The van der Waals surface area contributed by atoms with Gasteiger partial charge in [-0.2, -0.15) is 0 Å². The van der Waals surface area contributed by atoms with E-state index in [1.54, 1.807) is 0 Å². The van der Waals surface area contributed by atoms with Crippen LogP contribution in [0.5, 0.6) is 0 Å². The molecule has 0 amide bonds. The van der Waals surface area contributed by atoms with Crippen LogP contribution in [0.15, 0.2) is 0 Å². The third-order valence-electron chi connectivity index (χ3n) is 6.20. The fourth-order valence-electron chi connectivity index (χ4n) is 5.28. The Morgan fingerprint density at radius 3 is 0.909 bits per heavy atom. The van der Waals surface area contributed by atoms with Crippen molar-refractivity contribution in [1.29, 1.82) is 0 Å². The molecule has 0 spiro atoms. The summed E-state index contributed by atoms with van der Waals surface area (Å²) in [5, 5.41) is 4.96. The maximum Gasteiger partial charge on any atom is 0.500 e. The SMILES string of the molecule is CC(C)N(B(C#[N+][N-]B(N(C(C)C)C(C)C)N(C(C)C)C(C)C)N(C(C)C)C(C)C)C(C)C. The van der Waals surface area contributed by atoms with Gasteiger partial charge in [0.15, 0.2) is 0 Å². The number of rotatable bonds is 13. The first-order valence-electron chi connectivity index (χ1n) is 13.3. The highest BCUT2D eigenvalue weighted by Crippen LogP contribution is 2.22. The van der Waals surface area contributed by atoms with Gasteiger partial charge >= 0.3 is 6.98 Å². The minimum atomic E-state index is -0.128. The third kappa shape index (κ3) is 9.43. The van der Waals surface area contributed by atoms with Gasteiger partial charge in [-0.05, 0) is 48.3 Å². The van der Waals surface area contributed by atoms with Crippen molar-refractivity contribution in [3.8, 4) is 5.97 Å². The lowest BCUT2D eigenvalue weighted by molar-refractivity contribution is 0.226. The standard InChI is InChI=1S/C25H56B2N6/c1-18(2)30(19(3)4)26(31(20(5)6)21(7)8)17-28-29-27(32(22(9)10)23(11)12)33(24(13)14)25(15)16/h18-25H,1-16H3. The zero-order valence-corrected chi connectivity index (χ0v) is 25.0. The van der Waals surface area contributed by atoms with Gasteiger partial charge in [-0.15, -0.1) is 4.95 Å². The first kappa shape index (κ1) is 32.3. The molecule has 0 heterocycles. The lowest BCUT2D eigenvalue weighted by Crippen LogP contribution is -2.61. The first-order valence-corrected chi connectivity index (χ1v) is 13.3. The molecular formula is C25H56B2N6. The molecule has 8 heteroatoms. The van der Waals surface area contributed by atoms with Gasteiger partial charge in [-0.1, -0.05) is 111 Å². The molecule has 33 heavy (non-hydrogen) atoms. The molecule has 6 nitrogen and oxygen atoms in total. The van der Waals surface area contributed by atoms with Crippen LogP contribution in [-0.2, 0) is 0 Å². The van der Waals surface area contributed by atoms with Crippen LogP contribution in [0.25, 0.3) is 10.3 Å². The van der Waals surface area contributed by atoms with Crippen LogP contribution >= 0.6 is 0 Å². The Labute approximate surface area is 208 Å². The van der Waals surface area contributed by atoms with E-state index in [4.69, 9.17) is 10.3 Å². The molecule has 0 bridgehead atoms. The van der Waals surface area contributed by atoms with Crippen molar-refractivity contribution in [2.45, 2.75) is 159 Å². The Morgan fingerprint density at radius 2 is 0.697 bits per heavy atom. The highest BCUT2D eigenvalue weighted by molar-refractivity contribution is 6.63. The molecule has 0 unspecified atom stereocenters. The Kier molecular flexibility index (Phi) is 14.3. The predicted molar refractivity (Wildman–Crippen MR) is 151 cm³/mol. The molecule has 0 radical (unpaired) electrons. The molecule has 0 aromatic heterocycles. The molecule has 0 saturated heterocycles. The van der Waals surface area contributed by atoms with Crippen molar-refractivity contribution in [3.05, 3.63) is 10.3 Å². The maximum absolute atomic E-state index is 4.96. The highest BCUT2D eigenvalue weighted by Gasteiger charge is 2.41. The second-order valence-electron chi connectivity index (χ2n) is 11.6. The highest BCUT2D eigenvalue weighted by atomic mass is 15.4. The van der Waals surface area contributed by atoms with Crippen LogP contribution in [0.1, 0.15) is 111 Å². The van der Waals surface area contributed by atoms with Gasteiger partial charge in [0, 0.05) is 0 Å². The molecular weight excluding hydrogens is 406 g/mol. The van der Waals surface area contributed by atoms with Crippen molar-refractivity contribution < 1.29 is 0 Å². The van der Waals surface area contributed by atoms with Gasteiger partial charge in [0.05, 0.1) is 0 Å². The summed E-state index contributed by atoms with van der Waals surface area (Å²) in [6, 6.07) is 2.92. The van der Waals surface area contributed by atoms with Crippen LogP contribution in [0.3, 0.4) is 0 Å². The van der Waals surface area contributed by atoms with Crippen molar-refractivity contribution in [1.82, 2.24) is 19.2 Å². The summed E-state index contributed by atoms with van der Waals surface area (Å²) < 4.78 is 0. The fourth-order valence-corrected chi connectivity index (χ4v) is 5.28. The molecule has 0 atom stereocenters. The Hall–Kier alpha value is -0.740. The Morgan fingerprint density at radius 1 is 0.455 bits per heavy atom. The van der Waals surface area contributed by atoms with Crippen LogP contribution in [0.2, 0.25) is 0 Å². The molecule has 0 aliphatic heterocycles. The molecule has 0 rings (SSSR count). The summed E-state index contributed by atoms with van der Waals surface area (Å²) in [4.78, 5) is 14.6. The zero-order chi connectivity index (χ0) is 26.2. The van der Waals surface area contributed by atoms with Crippen molar-refractivity contribution in [2.24, 2.45) is 0 Å². The lowest BCUT2D eigenvalue weighted by atomic mass is 9.69. The fraction of sp³-hybridized carbons (Fsp3) is 0.960. The molecule has 192 valence electrons. The van der Waals surface area contributed by atoms with Crippen molar-refractivity contribution >= 4 is 14.1 Å². The number of nitrogens with zero attached hydrogens (tertiary/aromatic N) is 6. The summed E-state index contributed by atoms with van der Waals surface area (Å²) in [7, 11) is -0.128. The average Bonchev–Trinajstić information content (AvgIpc) is 2.58. The summed E-state index contributed by atoms with van der Waals surface area (Å²) in [6.07, 6.45) is 0. The third-order valence-corrected chi connectivity index (χ3v) is 6.20. The second-order valence-corrected chi connectivity index (χ2v) is 11.6. The molecule has 0 aromatic rings. The molecule has 0 aliphatic carbocycles. The predicted octanol–water partition coefficient (Wildman–Crippen LogP) is 6.10. The van der Waals surface area contributed by atoms with Gasteiger partial charge < -0.3 is 24.6 Å². The monoisotopic (exact) mass is 462 g/mol. The van der Waals surface area contributed by atoms with Crippen molar-refractivity contribution in [3.63, 3.8) is 0 Å². The van der Waals surface area contributed by atoms with Gasteiger partial charge in [-0.3, -0.25) is 0 Å². The molecule has 0 saturated carbocycles. The quantitative estimate of drug-likeness (QED) is 0.245. The minimum absolute atomic E-state index is 0.0347. The van der Waals surface area contributed by atoms with E-state index >= 15 is 0 Å². The lowest BCUT2D eigenvalue weighted by Gasteiger charge is -2.47. The summed E-state index contributed by atoms with van der Waals surface area (Å²) >= 11 is 0. The van der Waals surface area contributed by atoms with E-state index in [2.05, 4.69) is 136 Å². The molecule has 0 aromatic carbocycles. The van der Waals surface area contributed by atoms with E-state index in [1.807, 2.05) is 0 Å². The Balaban J connectivity index is 6.47. The summed E-state index contributed by atoms with van der Waals surface area (Å²) in [6.45, 7) is 36.0. The first-order chi connectivity index (χ1) is 15.1. The summed E-state index contributed by atoms with van der Waals surface area (Å²) in [5.41, 5.74) is 0. The van der Waals surface area contributed by atoms with Crippen LogP contribution in [0, 0.1) is 5.97 Å². The van der Waals surface area contributed by atoms with Crippen molar-refractivity contribution in [2.75, 3.05) is 0 Å². The van der Waals surface area contributed by atoms with E-state index in [1.165, 1.54) is 0 Å². The van der Waals surface area contributed by atoms with E-state index < -0.39 is 0 Å².